The number of hydrogen-bond donors (Lipinski definition) is 0. The number of rotatable bonds is 5. The van der Waals surface area contributed by atoms with Gasteiger partial charge in [-0.1, -0.05) is 60.2 Å². The lowest BCUT2D eigenvalue weighted by Gasteiger charge is -2.21. The van der Waals surface area contributed by atoms with E-state index in [9.17, 15) is 4.79 Å². The zero-order valence-electron chi connectivity index (χ0n) is 17.2. The minimum Gasteiger partial charge on any atom is -0.497 e. The van der Waals surface area contributed by atoms with Crippen molar-refractivity contribution in [2.45, 2.75) is 19.4 Å². The van der Waals surface area contributed by atoms with Crippen LogP contribution in [0.2, 0.25) is 0 Å². The quantitative estimate of drug-likeness (QED) is 0.542. The van der Waals surface area contributed by atoms with Gasteiger partial charge >= 0.3 is 0 Å². The van der Waals surface area contributed by atoms with Crippen molar-refractivity contribution in [3.8, 4) is 5.75 Å². The average molecular weight is 396 g/mol. The van der Waals surface area contributed by atoms with E-state index in [-0.39, 0.29) is 11.9 Å². The minimum absolute atomic E-state index is 0.129. The van der Waals surface area contributed by atoms with Gasteiger partial charge in [-0.2, -0.15) is 5.10 Å². The van der Waals surface area contributed by atoms with Gasteiger partial charge in [-0.05, 0) is 54.0 Å². The number of amides is 1. The highest BCUT2D eigenvalue weighted by molar-refractivity contribution is 6.04. The Kier molecular flexibility index (Phi) is 5.75. The Labute approximate surface area is 177 Å². The number of methoxy groups -OCH3 is 1. The second kappa shape index (κ2) is 8.78. The fourth-order valence-corrected chi connectivity index (χ4v) is 3.53. The molecule has 1 atom stereocenters. The van der Waals surface area contributed by atoms with Gasteiger partial charge in [0.25, 0.3) is 5.91 Å². The van der Waals surface area contributed by atoms with Gasteiger partial charge in [-0.25, -0.2) is 5.01 Å². The minimum atomic E-state index is -0.132. The molecule has 30 heavy (non-hydrogen) atoms. The summed E-state index contributed by atoms with van der Waals surface area (Å²) in [5.74, 6) is 0.666. The molecule has 1 amide bonds. The second-order valence-corrected chi connectivity index (χ2v) is 7.33. The lowest BCUT2D eigenvalue weighted by molar-refractivity contribution is -0.127. The zero-order valence-corrected chi connectivity index (χ0v) is 17.2. The van der Waals surface area contributed by atoms with Crippen LogP contribution in [0.25, 0.3) is 6.08 Å². The Morgan fingerprint density at radius 1 is 1.00 bits per heavy atom. The number of hydrazone groups is 1. The molecule has 4 heteroatoms. The first kappa shape index (κ1) is 19.6. The molecule has 0 N–H and O–H groups in total. The first-order valence-electron chi connectivity index (χ1n) is 9.99. The van der Waals surface area contributed by atoms with Gasteiger partial charge in [0.15, 0.2) is 0 Å². The van der Waals surface area contributed by atoms with Crippen molar-refractivity contribution in [2.75, 3.05) is 7.11 Å². The van der Waals surface area contributed by atoms with Crippen LogP contribution in [0.1, 0.15) is 34.7 Å². The van der Waals surface area contributed by atoms with Gasteiger partial charge in [0, 0.05) is 12.5 Å². The number of nitrogens with zero attached hydrogens (tertiary/aromatic N) is 2. The van der Waals surface area contributed by atoms with Crippen LogP contribution >= 0.6 is 0 Å². The summed E-state index contributed by atoms with van der Waals surface area (Å²) in [6.07, 6.45) is 4.09. The van der Waals surface area contributed by atoms with E-state index in [4.69, 9.17) is 9.84 Å². The topological polar surface area (TPSA) is 41.9 Å². The number of carbonyl (C=O) groups excluding carboxylic acids is 1. The van der Waals surface area contributed by atoms with Crippen LogP contribution in [0.3, 0.4) is 0 Å². The Hall–Kier alpha value is -3.66. The number of aryl methyl sites for hydroxylation is 1. The van der Waals surface area contributed by atoms with Crippen molar-refractivity contribution in [2.24, 2.45) is 5.10 Å². The molecule has 3 aromatic rings. The molecule has 150 valence electrons. The van der Waals surface area contributed by atoms with E-state index >= 15 is 0 Å². The third-order valence-corrected chi connectivity index (χ3v) is 5.24. The van der Waals surface area contributed by atoms with E-state index in [1.807, 2.05) is 60.7 Å². The van der Waals surface area contributed by atoms with Crippen LogP contribution in [0.4, 0.5) is 0 Å². The largest absolute Gasteiger partial charge is 0.497 e. The van der Waals surface area contributed by atoms with Gasteiger partial charge in [0.1, 0.15) is 5.75 Å². The molecular weight excluding hydrogens is 372 g/mol. The third kappa shape index (κ3) is 4.33. The first-order chi connectivity index (χ1) is 14.6. The number of carbonyl (C=O) groups is 1. The molecule has 4 rings (SSSR count). The van der Waals surface area contributed by atoms with E-state index in [1.54, 1.807) is 18.2 Å². The molecule has 0 saturated carbocycles. The van der Waals surface area contributed by atoms with E-state index in [1.165, 1.54) is 5.56 Å². The zero-order chi connectivity index (χ0) is 20.9. The lowest BCUT2D eigenvalue weighted by Crippen LogP contribution is -2.25. The summed E-state index contributed by atoms with van der Waals surface area (Å²) in [6, 6.07) is 25.8. The molecule has 1 aliphatic rings. The van der Waals surface area contributed by atoms with Gasteiger partial charge in [-0.3, -0.25) is 4.79 Å². The van der Waals surface area contributed by atoms with Crippen LogP contribution in [0.5, 0.6) is 5.75 Å². The van der Waals surface area contributed by atoms with Gasteiger partial charge in [0.2, 0.25) is 0 Å². The fraction of sp³-hybridized carbons (Fsp3) is 0.154. The standard InChI is InChI=1S/C26H24N2O2/c1-19-8-11-22(12-9-19)25-18-24(21-13-15-23(30-2)16-14-21)27-28(25)26(29)17-10-20-6-4-3-5-7-20/h3-17,25H,18H2,1-2H3. The Morgan fingerprint density at radius 2 is 1.70 bits per heavy atom. The summed E-state index contributed by atoms with van der Waals surface area (Å²) in [6.45, 7) is 2.06. The Balaban J connectivity index is 1.64. The predicted molar refractivity (Wildman–Crippen MR) is 120 cm³/mol. The highest BCUT2D eigenvalue weighted by Gasteiger charge is 2.32. The maximum Gasteiger partial charge on any atom is 0.267 e. The molecule has 0 radical (unpaired) electrons. The lowest BCUT2D eigenvalue weighted by atomic mass is 9.97. The summed E-state index contributed by atoms with van der Waals surface area (Å²) in [4.78, 5) is 13.1. The van der Waals surface area contributed by atoms with Crippen LogP contribution < -0.4 is 4.74 Å². The Bertz CT molecular complexity index is 1070. The van der Waals surface area contributed by atoms with Crippen molar-refractivity contribution < 1.29 is 9.53 Å². The Morgan fingerprint density at radius 3 is 2.37 bits per heavy atom. The molecule has 4 nitrogen and oxygen atoms in total. The highest BCUT2D eigenvalue weighted by Crippen LogP contribution is 2.33. The van der Waals surface area contributed by atoms with Gasteiger partial charge < -0.3 is 4.74 Å². The van der Waals surface area contributed by atoms with Gasteiger partial charge in [-0.15, -0.1) is 0 Å². The molecule has 0 spiro atoms. The fourth-order valence-electron chi connectivity index (χ4n) is 3.53. The van der Waals surface area contributed by atoms with Crippen LogP contribution in [0, 0.1) is 6.92 Å². The average Bonchev–Trinajstić information content (AvgIpc) is 3.24. The molecule has 1 heterocycles. The summed E-state index contributed by atoms with van der Waals surface area (Å²) in [5.41, 5.74) is 5.14. The van der Waals surface area contributed by atoms with E-state index in [2.05, 4.69) is 31.2 Å². The summed E-state index contributed by atoms with van der Waals surface area (Å²) < 4.78 is 5.25. The second-order valence-electron chi connectivity index (χ2n) is 7.33. The SMILES string of the molecule is COc1ccc(C2=NN(C(=O)C=Cc3ccccc3)C(c3ccc(C)cc3)C2)cc1. The number of hydrogen-bond acceptors (Lipinski definition) is 3. The van der Waals surface area contributed by atoms with Gasteiger partial charge in [0.05, 0.1) is 18.9 Å². The molecule has 0 bridgehead atoms. The van der Waals surface area contributed by atoms with E-state index in [0.29, 0.717) is 6.42 Å². The smallest absolute Gasteiger partial charge is 0.267 e. The summed E-state index contributed by atoms with van der Waals surface area (Å²) in [5, 5.41) is 6.32. The van der Waals surface area contributed by atoms with Crippen LogP contribution in [-0.4, -0.2) is 23.7 Å². The highest BCUT2D eigenvalue weighted by atomic mass is 16.5. The van der Waals surface area contributed by atoms with Crippen LogP contribution in [-0.2, 0) is 4.79 Å². The summed E-state index contributed by atoms with van der Waals surface area (Å²) in [7, 11) is 1.65. The van der Waals surface area contributed by atoms with Crippen molar-refractivity contribution in [3.05, 3.63) is 107 Å². The van der Waals surface area contributed by atoms with Crippen molar-refractivity contribution >= 4 is 17.7 Å². The molecule has 0 fully saturated rings. The van der Waals surface area contributed by atoms with Crippen molar-refractivity contribution in [3.63, 3.8) is 0 Å². The maximum atomic E-state index is 13.1. The molecule has 1 unspecified atom stereocenters. The predicted octanol–water partition coefficient (Wildman–Crippen LogP) is 5.39. The summed E-state index contributed by atoms with van der Waals surface area (Å²) >= 11 is 0. The molecule has 3 aromatic carbocycles. The number of benzene rings is 3. The molecule has 0 saturated heterocycles. The molecule has 0 aliphatic carbocycles. The maximum absolute atomic E-state index is 13.1. The normalized spacial score (nSPS) is 16.0. The third-order valence-electron chi connectivity index (χ3n) is 5.24. The molecule has 0 aromatic heterocycles. The van der Waals surface area contributed by atoms with Crippen molar-refractivity contribution in [1.82, 2.24) is 5.01 Å². The van der Waals surface area contributed by atoms with E-state index < -0.39 is 0 Å². The molecular formula is C26H24N2O2. The molecule has 1 aliphatic heterocycles. The van der Waals surface area contributed by atoms with Crippen molar-refractivity contribution in [1.29, 1.82) is 0 Å². The first-order valence-corrected chi connectivity index (χ1v) is 9.99. The van der Waals surface area contributed by atoms with E-state index in [0.717, 1.165) is 28.2 Å². The number of ether oxygens (including phenoxy) is 1. The van der Waals surface area contributed by atoms with Crippen LogP contribution in [0.15, 0.2) is 90.0 Å². The monoisotopic (exact) mass is 396 g/mol.